The second-order valence-electron chi connectivity index (χ2n) is 2.47. The summed E-state index contributed by atoms with van der Waals surface area (Å²) in [4.78, 5) is 11.1. The number of hydrogen-bond donors (Lipinski definition) is 0. The minimum atomic E-state index is -0.331. The molecule has 3 atom stereocenters. The topological polar surface area (TPSA) is 35.5 Å². The molecule has 0 aromatic rings. The normalized spacial score (nSPS) is 43.3. The molecule has 1 aliphatic carbocycles. The van der Waals surface area contributed by atoms with Crippen molar-refractivity contribution < 1.29 is 14.3 Å². The van der Waals surface area contributed by atoms with Gasteiger partial charge in [0, 0.05) is 7.11 Å². The first-order valence-electron chi connectivity index (χ1n) is 3.23. The van der Waals surface area contributed by atoms with E-state index in [1.54, 1.807) is 13.2 Å². The number of carbonyl (C=O) groups is 1. The highest BCUT2D eigenvalue weighted by molar-refractivity contribution is 5.93. The Morgan fingerprint density at radius 1 is 1.60 bits per heavy atom. The van der Waals surface area contributed by atoms with Crippen LogP contribution in [0.3, 0.4) is 0 Å². The molecular formula is C7H8O3. The molecule has 2 aliphatic rings. The molecular weight excluding hydrogens is 132 g/mol. The SMILES string of the molecule is COC1OC2C=CC1C2=O. The number of fused-ring (bicyclic) bond motifs is 2. The van der Waals surface area contributed by atoms with E-state index in [1.165, 1.54) is 0 Å². The van der Waals surface area contributed by atoms with Gasteiger partial charge in [-0.1, -0.05) is 12.2 Å². The van der Waals surface area contributed by atoms with Crippen molar-refractivity contribution in [3.8, 4) is 0 Å². The maximum atomic E-state index is 11.1. The molecule has 3 unspecified atom stereocenters. The number of ketones is 1. The predicted molar refractivity (Wildman–Crippen MR) is 33.3 cm³/mol. The van der Waals surface area contributed by atoms with E-state index in [-0.39, 0.29) is 24.1 Å². The molecule has 2 bridgehead atoms. The zero-order chi connectivity index (χ0) is 7.14. The van der Waals surface area contributed by atoms with E-state index >= 15 is 0 Å². The van der Waals surface area contributed by atoms with E-state index in [2.05, 4.69) is 0 Å². The van der Waals surface area contributed by atoms with Gasteiger partial charge in [-0.2, -0.15) is 0 Å². The Hall–Kier alpha value is -0.670. The average molecular weight is 140 g/mol. The van der Waals surface area contributed by atoms with Crippen LogP contribution in [-0.4, -0.2) is 25.3 Å². The Balaban J connectivity index is 2.23. The minimum absolute atomic E-state index is 0.131. The lowest BCUT2D eigenvalue weighted by molar-refractivity contribution is -0.124. The van der Waals surface area contributed by atoms with Crippen molar-refractivity contribution in [2.45, 2.75) is 12.4 Å². The van der Waals surface area contributed by atoms with Crippen molar-refractivity contribution >= 4 is 5.78 Å². The van der Waals surface area contributed by atoms with Gasteiger partial charge < -0.3 is 9.47 Å². The molecule has 1 heterocycles. The second kappa shape index (κ2) is 1.90. The van der Waals surface area contributed by atoms with Crippen LogP contribution in [0.4, 0.5) is 0 Å². The molecule has 0 radical (unpaired) electrons. The van der Waals surface area contributed by atoms with Crippen molar-refractivity contribution in [2.24, 2.45) is 5.92 Å². The zero-order valence-corrected chi connectivity index (χ0v) is 5.61. The molecule has 10 heavy (non-hydrogen) atoms. The zero-order valence-electron chi connectivity index (χ0n) is 5.61. The Labute approximate surface area is 58.6 Å². The summed E-state index contributed by atoms with van der Waals surface area (Å²) in [5.74, 6) is -0.0122. The molecule has 0 aromatic heterocycles. The van der Waals surface area contributed by atoms with Gasteiger partial charge in [-0.25, -0.2) is 0 Å². The van der Waals surface area contributed by atoms with E-state index in [0.717, 1.165) is 0 Å². The molecule has 3 nitrogen and oxygen atoms in total. The molecule has 0 amide bonds. The van der Waals surface area contributed by atoms with E-state index in [1.807, 2.05) is 6.08 Å². The molecule has 0 aromatic carbocycles. The van der Waals surface area contributed by atoms with Crippen LogP contribution < -0.4 is 0 Å². The van der Waals surface area contributed by atoms with E-state index in [9.17, 15) is 4.79 Å². The van der Waals surface area contributed by atoms with Gasteiger partial charge in [0.15, 0.2) is 12.1 Å². The molecule has 0 saturated carbocycles. The van der Waals surface area contributed by atoms with Gasteiger partial charge in [0.05, 0.1) is 5.92 Å². The quantitative estimate of drug-likeness (QED) is 0.485. The van der Waals surface area contributed by atoms with Crippen LogP contribution >= 0.6 is 0 Å². The molecule has 54 valence electrons. The van der Waals surface area contributed by atoms with Crippen LogP contribution in [-0.2, 0) is 14.3 Å². The third-order valence-electron chi connectivity index (χ3n) is 1.91. The second-order valence-corrected chi connectivity index (χ2v) is 2.47. The van der Waals surface area contributed by atoms with Gasteiger partial charge in [0.25, 0.3) is 0 Å². The highest BCUT2D eigenvalue weighted by atomic mass is 16.7. The number of methoxy groups -OCH3 is 1. The van der Waals surface area contributed by atoms with Gasteiger partial charge >= 0.3 is 0 Å². The van der Waals surface area contributed by atoms with Crippen molar-refractivity contribution in [3.05, 3.63) is 12.2 Å². The molecule has 3 heteroatoms. The summed E-state index contributed by atoms with van der Waals surface area (Å²) in [6.45, 7) is 0. The lowest BCUT2D eigenvalue weighted by Gasteiger charge is -2.13. The fraction of sp³-hybridized carbons (Fsp3) is 0.571. The van der Waals surface area contributed by atoms with Gasteiger partial charge in [-0.3, -0.25) is 4.79 Å². The number of Topliss-reactive ketones (excluding diaryl/α,β-unsaturated/α-hetero) is 1. The molecule has 1 saturated heterocycles. The third kappa shape index (κ3) is 0.589. The van der Waals surface area contributed by atoms with Gasteiger partial charge in [0.1, 0.15) is 6.10 Å². The van der Waals surface area contributed by atoms with E-state index < -0.39 is 0 Å². The summed E-state index contributed by atoms with van der Waals surface area (Å²) in [5, 5.41) is 0. The summed E-state index contributed by atoms with van der Waals surface area (Å²) in [5.41, 5.74) is 0. The lowest BCUT2D eigenvalue weighted by Crippen LogP contribution is -2.19. The van der Waals surface area contributed by atoms with E-state index in [0.29, 0.717) is 0 Å². The van der Waals surface area contributed by atoms with Gasteiger partial charge in [-0.15, -0.1) is 0 Å². The highest BCUT2D eigenvalue weighted by Crippen LogP contribution is 2.31. The highest BCUT2D eigenvalue weighted by Gasteiger charge is 2.44. The fourth-order valence-corrected chi connectivity index (χ4v) is 1.37. The maximum Gasteiger partial charge on any atom is 0.177 e. The van der Waals surface area contributed by atoms with Crippen molar-refractivity contribution in [1.29, 1.82) is 0 Å². The number of carbonyl (C=O) groups excluding carboxylic acids is 1. The molecule has 1 aliphatic heterocycles. The monoisotopic (exact) mass is 140 g/mol. The largest absolute Gasteiger partial charge is 0.355 e. The first-order chi connectivity index (χ1) is 4.83. The molecule has 2 rings (SSSR count). The van der Waals surface area contributed by atoms with Crippen LogP contribution in [0.25, 0.3) is 0 Å². The predicted octanol–water partition coefficient (Wildman–Crippen LogP) is 0.113. The fourth-order valence-electron chi connectivity index (χ4n) is 1.37. The lowest BCUT2D eigenvalue weighted by atomic mass is 10.1. The Morgan fingerprint density at radius 2 is 2.40 bits per heavy atom. The van der Waals surface area contributed by atoms with Gasteiger partial charge in [0.2, 0.25) is 0 Å². The average Bonchev–Trinajstić information content (AvgIpc) is 2.46. The minimum Gasteiger partial charge on any atom is -0.355 e. The van der Waals surface area contributed by atoms with E-state index in [4.69, 9.17) is 9.47 Å². The van der Waals surface area contributed by atoms with Crippen LogP contribution in [0.1, 0.15) is 0 Å². The molecule has 0 N–H and O–H groups in total. The summed E-state index contributed by atoms with van der Waals surface area (Å²) in [6, 6.07) is 0. The summed E-state index contributed by atoms with van der Waals surface area (Å²) in [6.07, 6.45) is 2.98. The van der Waals surface area contributed by atoms with Crippen LogP contribution in [0, 0.1) is 5.92 Å². The van der Waals surface area contributed by atoms with Gasteiger partial charge in [-0.05, 0) is 0 Å². The summed E-state index contributed by atoms with van der Waals surface area (Å²) < 4.78 is 10.1. The maximum absolute atomic E-state index is 11.1. The number of ether oxygens (including phenoxy) is 2. The third-order valence-corrected chi connectivity index (χ3v) is 1.91. The Kier molecular flexibility index (Phi) is 1.16. The van der Waals surface area contributed by atoms with Crippen LogP contribution in [0.15, 0.2) is 12.2 Å². The van der Waals surface area contributed by atoms with Crippen molar-refractivity contribution in [2.75, 3.05) is 7.11 Å². The number of rotatable bonds is 1. The first-order valence-corrected chi connectivity index (χ1v) is 3.23. The first kappa shape index (κ1) is 6.07. The molecule has 1 fully saturated rings. The van der Waals surface area contributed by atoms with Crippen LogP contribution in [0.5, 0.6) is 0 Å². The molecule has 0 spiro atoms. The van der Waals surface area contributed by atoms with Crippen molar-refractivity contribution in [1.82, 2.24) is 0 Å². The number of hydrogen-bond acceptors (Lipinski definition) is 3. The van der Waals surface area contributed by atoms with Crippen molar-refractivity contribution in [3.63, 3.8) is 0 Å². The Morgan fingerprint density at radius 3 is 2.70 bits per heavy atom. The summed E-state index contributed by atoms with van der Waals surface area (Å²) >= 11 is 0. The Bertz CT molecular complexity index is 197. The standard InChI is InChI=1S/C7H8O3/c1-9-7-4-2-3-5(10-7)6(4)8/h2-5,7H,1H3. The van der Waals surface area contributed by atoms with Crippen LogP contribution in [0.2, 0.25) is 0 Å². The smallest absolute Gasteiger partial charge is 0.177 e. The summed E-state index contributed by atoms with van der Waals surface area (Å²) in [7, 11) is 1.55.